The predicted octanol–water partition coefficient (Wildman–Crippen LogP) is 4.04. The lowest BCUT2D eigenvalue weighted by molar-refractivity contribution is 0.295. The molecular formula is C21H24N6S2. The number of rotatable bonds is 6. The van der Waals surface area contributed by atoms with Crippen LogP contribution in [0.25, 0.3) is 16.0 Å². The van der Waals surface area contributed by atoms with E-state index >= 15 is 0 Å². The van der Waals surface area contributed by atoms with Gasteiger partial charge in [0.1, 0.15) is 11.3 Å². The van der Waals surface area contributed by atoms with Crippen molar-refractivity contribution >= 4 is 33.0 Å². The van der Waals surface area contributed by atoms with Gasteiger partial charge in [-0.1, -0.05) is 6.07 Å². The molecule has 1 unspecified atom stereocenters. The molecule has 3 aromatic heterocycles. The minimum Gasteiger partial charge on any atom is -0.302 e. The number of hydrogen-bond donors (Lipinski definition) is 1. The molecule has 1 aliphatic rings. The van der Waals surface area contributed by atoms with Crippen molar-refractivity contribution < 1.29 is 0 Å². The van der Waals surface area contributed by atoms with Gasteiger partial charge in [0.15, 0.2) is 0 Å². The number of thiophene rings is 1. The van der Waals surface area contributed by atoms with E-state index in [9.17, 15) is 0 Å². The van der Waals surface area contributed by atoms with Gasteiger partial charge in [0.2, 0.25) is 5.95 Å². The Morgan fingerprint density at radius 3 is 3.07 bits per heavy atom. The van der Waals surface area contributed by atoms with Crippen LogP contribution >= 0.6 is 22.9 Å². The number of hydrogen-bond acceptors (Lipinski definition) is 7. The lowest BCUT2D eigenvalue weighted by Crippen LogP contribution is -2.45. The van der Waals surface area contributed by atoms with E-state index < -0.39 is 0 Å². The van der Waals surface area contributed by atoms with Crippen molar-refractivity contribution in [2.24, 2.45) is 0 Å². The number of fused-ring (bicyclic) bond motifs is 1. The Morgan fingerprint density at radius 2 is 2.21 bits per heavy atom. The van der Waals surface area contributed by atoms with Gasteiger partial charge in [-0.2, -0.15) is 4.37 Å². The third kappa shape index (κ3) is 3.98. The molecule has 6 nitrogen and oxygen atoms in total. The zero-order valence-electron chi connectivity index (χ0n) is 16.6. The first-order valence-corrected chi connectivity index (χ1v) is 11.5. The predicted molar refractivity (Wildman–Crippen MR) is 119 cm³/mol. The van der Waals surface area contributed by atoms with Gasteiger partial charge < -0.3 is 5.32 Å². The number of imidazole rings is 1. The van der Waals surface area contributed by atoms with Crippen molar-refractivity contribution in [2.75, 3.05) is 13.1 Å². The zero-order chi connectivity index (χ0) is 19.8. The second-order valence-electron chi connectivity index (χ2n) is 8.15. The van der Waals surface area contributed by atoms with Crippen molar-refractivity contribution in [1.82, 2.24) is 29.1 Å². The monoisotopic (exact) mass is 424 g/mol. The van der Waals surface area contributed by atoms with Crippen molar-refractivity contribution in [1.29, 1.82) is 0 Å². The fraction of sp³-hybridized carbons (Fsp3) is 0.381. The summed E-state index contributed by atoms with van der Waals surface area (Å²) < 4.78 is 7.70. The van der Waals surface area contributed by atoms with Gasteiger partial charge in [0, 0.05) is 42.8 Å². The van der Waals surface area contributed by atoms with Crippen molar-refractivity contribution in [3.63, 3.8) is 0 Å². The molecule has 1 aliphatic heterocycles. The molecule has 1 saturated heterocycles. The van der Waals surface area contributed by atoms with E-state index in [0.29, 0.717) is 12.0 Å². The SMILES string of the molecule is CC(C)(NC1CCN(Cc2ccc3sccc3c2)C1)c1nc(-n2ccnc2)ns1. The second kappa shape index (κ2) is 7.60. The summed E-state index contributed by atoms with van der Waals surface area (Å²) in [6, 6.07) is 9.51. The van der Waals surface area contributed by atoms with E-state index in [1.54, 1.807) is 23.9 Å². The van der Waals surface area contributed by atoms with E-state index in [-0.39, 0.29) is 5.54 Å². The summed E-state index contributed by atoms with van der Waals surface area (Å²) in [4.78, 5) is 11.3. The van der Waals surface area contributed by atoms with Crippen LogP contribution in [-0.2, 0) is 12.1 Å². The van der Waals surface area contributed by atoms with Gasteiger partial charge in [-0.15, -0.1) is 11.3 Å². The van der Waals surface area contributed by atoms with Gasteiger partial charge in [-0.25, -0.2) is 9.97 Å². The molecule has 5 rings (SSSR count). The van der Waals surface area contributed by atoms with Gasteiger partial charge in [0.25, 0.3) is 0 Å². The number of benzene rings is 1. The largest absolute Gasteiger partial charge is 0.302 e. The lowest BCUT2D eigenvalue weighted by Gasteiger charge is -2.28. The summed E-state index contributed by atoms with van der Waals surface area (Å²) in [6.07, 6.45) is 6.49. The maximum absolute atomic E-state index is 4.73. The molecule has 0 saturated carbocycles. The van der Waals surface area contributed by atoms with Crippen molar-refractivity contribution in [3.8, 4) is 5.95 Å². The fourth-order valence-corrected chi connectivity index (χ4v) is 5.47. The van der Waals surface area contributed by atoms with Crippen LogP contribution in [0.5, 0.6) is 0 Å². The molecule has 8 heteroatoms. The van der Waals surface area contributed by atoms with Crippen LogP contribution in [0, 0.1) is 0 Å². The molecule has 1 atom stereocenters. The van der Waals surface area contributed by atoms with Crippen LogP contribution < -0.4 is 5.32 Å². The number of nitrogens with zero attached hydrogens (tertiary/aromatic N) is 5. The van der Waals surface area contributed by atoms with Crippen molar-refractivity contribution in [3.05, 3.63) is 58.9 Å². The molecule has 0 spiro atoms. The van der Waals surface area contributed by atoms with Crippen LogP contribution in [0.3, 0.4) is 0 Å². The minimum atomic E-state index is -0.216. The summed E-state index contributed by atoms with van der Waals surface area (Å²) in [5.74, 6) is 0.689. The highest BCUT2D eigenvalue weighted by atomic mass is 32.1. The standard InChI is InChI=1S/C21H24N6S2/c1-21(2,19-23-20(25-29-19)27-9-7-22-14-27)24-17-5-8-26(13-17)12-15-3-4-18-16(11-15)6-10-28-18/h3-4,6-7,9-11,14,17,24H,5,8,12-13H2,1-2H3. The zero-order valence-corrected chi connectivity index (χ0v) is 18.2. The van der Waals surface area contributed by atoms with Gasteiger partial charge >= 0.3 is 0 Å². The first-order valence-electron chi connectivity index (χ1n) is 9.85. The van der Waals surface area contributed by atoms with E-state index in [1.165, 1.54) is 27.2 Å². The van der Waals surface area contributed by atoms with E-state index in [4.69, 9.17) is 4.98 Å². The van der Waals surface area contributed by atoms with Gasteiger partial charge in [-0.3, -0.25) is 9.47 Å². The summed E-state index contributed by atoms with van der Waals surface area (Å²) >= 11 is 3.26. The molecule has 0 aliphatic carbocycles. The van der Waals surface area contributed by atoms with Crippen LogP contribution in [0.4, 0.5) is 0 Å². The Balaban J connectivity index is 1.22. The van der Waals surface area contributed by atoms with E-state index in [2.05, 4.69) is 63.1 Å². The Labute approximate surface area is 178 Å². The first kappa shape index (κ1) is 18.9. The Bertz CT molecular complexity index is 1100. The summed E-state index contributed by atoms with van der Waals surface area (Å²) in [5.41, 5.74) is 1.18. The molecule has 1 aromatic carbocycles. The average molecular weight is 425 g/mol. The number of likely N-dealkylation sites (tertiary alicyclic amines) is 1. The Kier molecular flexibility index (Phi) is 4.95. The summed E-state index contributed by atoms with van der Waals surface area (Å²) in [5, 5.41) is 8.34. The summed E-state index contributed by atoms with van der Waals surface area (Å²) in [6.45, 7) is 7.56. The molecule has 0 radical (unpaired) electrons. The van der Waals surface area contributed by atoms with E-state index in [0.717, 1.165) is 31.1 Å². The van der Waals surface area contributed by atoms with Gasteiger partial charge in [0.05, 0.1) is 5.54 Å². The fourth-order valence-electron chi connectivity index (χ4n) is 3.99. The lowest BCUT2D eigenvalue weighted by atomic mass is 10.0. The molecule has 29 heavy (non-hydrogen) atoms. The molecule has 1 fully saturated rings. The molecule has 1 N–H and O–H groups in total. The normalized spacial score (nSPS) is 18.1. The summed E-state index contributed by atoms with van der Waals surface area (Å²) in [7, 11) is 0. The van der Waals surface area contributed by atoms with Crippen LogP contribution in [0.1, 0.15) is 30.8 Å². The topological polar surface area (TPSA) is 58.9 Å². The molecule has 0 bridgehead atoms. The molecule has 4 heterocycles. The molecule has 0 amide bonds. The number of aromatic nitrogens is 4. The highest BCUT2D eigenvalue weighted by Gasteiger charge is 2.31. The highest BCUT2D eigenvalue weighted by Crippen LogP contribution is 2.27. The third-order valence-electron chi connectivity index (χ3n) is 5.45. The minimum absolute atomic E-state index is 0.216. The van der Waals surface area contributed by atoms with E-state index in [1.807, 2.05) is 10.8 Å². The maximum Gasteiger partial charge on any atom is 0.246 e. The van der Waals surface area contributed by atoms with Crippen LogP contribution in [0.15, 0.2) is 48.4 Å². The third-order valence-corrected chi connectivity index (χ3v) is 7.37. The van der Waals surface area contributed by atoms with Crippen molar-refractivity contribution in [2.45, 2.75) is 38.4 Å². The Morgan fingerprint density at radius 1 is 1.28 bits per heavy atom. The van der Waals surface area contributed by atoms with Gasteiger partial charge in [-0.05, 0) is 66.3 Å². The highest BCUT2D eigenvalue weighted by molar-refractivity contribution is 7.17. The smallest absolute Gasteiger partial charge is 0.246 e. The molecular weight excluding hydrogens is 400 g/mol. The first-order chi connectivity index (χ1) is 14.1. The average Bonchev–Trinajstić information content (AvgIpc) is 3.47. The van der Waals surface area contributed by atoms with Crippen LogP contribution in [0.2, 0.25) is 0 Å². The maximum atomic E-state index is 4.73. The quantitative estimate of drug-likeness (QED) is 0.506. The molecule has 150 valence electrons. The Hall–Kier alpha value is -2.13. The second-order valence-corrected chi connectivity index (χ2v) is 9.85. The van der Waals surface area contributed by atoms with Crippen LogP contribution in [-0.4, -0.2) is 42.9 Å². The molecule has 4 aromatic rings. The number of nitrogens with one attached hydrogen (secondary N) is 1.